The van der Waals surface area contributed by atoms with E-state index in [0.29, 0.717) is 6.54 Å². The molecule has 0 aliphatic rings. The Morgan fingerprint density at radius 1 is 1.50 bits per heavy atom. The van der Waals surface area contributed by atoms with Crippen molar-refractivity contribution in [2.45, 2.75) is 19.8 Å². The fourth-order valence-corrected chi connectivity index (χ4v) is 1.55. The monoisotopic (exact) mass is 252 g/mol. The van der Waals surface area contributed by atoms with Crippen molar-refractivity contribution in [1.82, 2.24) is 4.90 Å². The van der Waals surface area contributed by atoms with E-state index in [1.807, 2.05) is 6.92 Å². The molecule has 0 heterocycles. The highest BCUT2D eigenvalue weighted by Crippen LogP contribution is 2.29. The highest BCUT2D eigenvalue weighted by atomic mass is 16.6. The number of carbonyl (C=O) groups is 1. The maximum atomic E-state index is 12.0. The van der Waals surface area contributed by atoms with Crippen LogP contribution in [0.25, 0.3) is 0 Å². The summed E-state index contributed by atoms with van der Waals surface area (Å²) in [7, 11) is 1.61. The Morgan fingerprint density at radius 2 is 2.17 bits per heavy atom. The summed E-state index contributed by atoms with van der Waals surface area (Å²) >= 11 is 0. The third-order valence-corrected chi connectivity index (χ3v) is 2.64. The molecule has 0 saturated carbocycles. The SMILES string of the molecule is CCCCN(C)C(=O)c1cccc([N+](=O)[O-])c1O. The Kier molecular flexibility index (Phi) is 4.65. The normalized spacial score (nSPS) is 10.1. The molecule has 1 rings (SSSR count). The van der Waals surface area contributed by atoms with Gasteiger partial charge in [0.05, 0.1) is 10.5 Å². The van der Waals surface area contributed by atoms with E-state index in [2.05, 4.69) is 0 Å². The van der Waals surface area contributed by atoms with Crippen molar-refractivity contribution in [3.63, 3.8) is 0 Å². The molecule has 1 aromatic carbocycles. The number of nitro groups is 1. The molecule has 0 unspecified atom stereocenters. The molecule has 6 nitrogen and oxygen atoms in total. The number of hydrogen-bond donors (Lipinski definition) is 1. The number of aromatic hydroxyl groups is 1. The molecule has 18 heavy (non-hydrogen) atoms. The number of phenolic OH excluding ortho intramolecular Hbond substituents is 1. The van der Waals surface area contributed by atoms with Crippen LogP contribution in [0, 0.1) is 10.1 Å². The number of amides is 1. The summed E-state index contributed by atoms with van der Waals surface area (Å²) in [5, 5.41) is 20.4. The van der Waals surface area contributed by atoms with Gasteiger partial charge in [0, 0.05) is 19.7 Å². The van der Waals surface area contributed by atoms with Crippen molar-refractivity contribution in [3.05, 3.63) is 33.9 Å². The number of carbonyl (C=O) groups excluding carboxylic acids is 1. The van der Waals surface area contributed by atoms with Crippen LogP contribution in [0.3, 0.4) is 0 Å². The van der Waals surface area contributed by atoms with E-state index in [1.165, 1.54) is 17.0 Å². The van der Waals surface area contributed by atoms with E-state index in [0.717, 1.165) is 18.9 Å². The zero-order valence-corrected chi connectivity index (χ0v) is 10.4. The molecule has 1 aromatic rings. The number of rotatable bonds is 5. The molecule has 1 N–H and O–H groups in total. The van der Waals surface area contributed by atoms with Gasteiger partial charge in [-0.25, -0.2) is 0 Å². The van der Waals surface area contributed by atoms with E-state index in [9.17, 15) is 20.0 Å². The molecule has 0 fully saturated rings. The topological polar surface area (TPSA) is 83.7 Å². The molecule has 0 bridgehead atoms. The maximum Gasteiger partial charge on any atom is 0.311 e. The number of phenols is 1. The molecule has 98 valence electrons. The predicted octanol–water partition coefficient (Wildman–Crippen LogP) is 2.17. The lowest BCUT2D eigenvalue weighted by molar-refractivity contribution is -0.385. The highest BCUT2D eigenvalue weighted by molar-refractivity contribution is 5.97. The minimum Gasteiger partial charge on any atom is -0.502 e. The van der Waals surface area contributed by atoms with Crippen LogP contribution in [0.4, 0.5) is 5.69 Å². The molecule has 0 aliphatic carbocycles. The molecule has 6 heteroatoms. The summed E-state index contributed by atoms with van der Waals surface area (Å²) in [6.45, 7) is 2.56. The molecule has 1 amide bonds. The predicted molar refractivity (Wildman–Crippen MR) is 66.6 cm³/mol. The third-order valence-electron chi connectivity index (χ3n) is 2.64. The standard InChI is InChI=1S/C12H16N2O4/c1-3-4-8-13(2)12(16)9-6-5-7-10(11(9)15)14(17)18/h5-7,15H,3-4,8H2,1-2H3. The average Bonchev–Trinajstić information content (AvgIpc) is 2.35. The molecular weight excluding hydrogens is 236 g/mol. The highest BCUT2D eigenvalue weighted by Gasteiger charge is 2.22. The Labute approximate surface area is 105 Å². The van der Waals surface area contributed by atoms with Crippen molar-refractivity contribution >= 4 is 11.6 Å². The Morgan fingerprint density at radius 3 is 2.72 bits per heavy atom. The molecule has 0 aliphatic heterocycles. The molecule has 0 aromatic heterocycles. The zero-order chi connectivity index (χ0) is 13.7. The van der Waals surface area contributed by atoms with Gasteiger partial charge in [-0.05, 0) is 12.5 Å². The van der Waals surface area contributed by atoms with Gasteiger partial charge in [-0.15, -0.1) is 0 Å². The first-order valence-electron chi connectivity index (χ1n) is 5.70. The average molecular weight is 252 g/mol. The van der Waals surface area contributed by atoms with Crippen LogP contribution in [-0.4, -0.2) is 34.4 Å². The Balaban J connectivity index is 2.99. The van der Waals surface area contributed by atoms with Crippen molar-refractivity contribution in [3.8, 4) is 5.75 Å². The lowest BCUT2D eigenvalue weighted by Crippen LogP contribution is -2.27. The first-order chi connectivity index (χ1) is 8.49. The first kappa shape index (κ1) is 14.0. The van der Waals surface area contributed by atoms with Crippen molar-refractivity contribution in [2.24, 2.45) is 0 Å². The number of hydrogen-bond acceptors (Lipinski definition) is 4. The molecule has 0 radical (unpaired) electrons. The van der Waals surface area contributed by atoms with E-state index in [1.54, 1.807) is 7.05 Å². The van der Waals surface area contributed by atoms with Crippen molar-refractivity contribution in [2.75, 3.05) is 13.6 Å². The number of nitro benzene ring substituents is 1. The minimum atomic E-state index is -0.710. The second kappa shape index (κ2) is 6.00. The van der Waals surface area contributed by atoms with Gasteiger partial charge in [0.15, 0.2) is 0 Å². The van der Waals surface area contributed by atoms with Gasteiger partial charge in [0.1, 0.15) is 0 Å². The van der Waals surface area contributed by atoms with Gasteiger partial charge in [0.2, 0.25) is 5.75 Å². The second-order valence-electron chi connectivity index (χ2n) is 4.01. The maximum absolute atomic E-state index is 12.0. The smallest absolute Gasteiger partial charge is 0.311 e. The fourth-order valence-electron chi connectivity index (χ4n) is 1.55. The second-order valence-corrected chi connectivity index (χ2v) is 4.01. The van der Waals surface area contributed by atoms with Gasteiger partial charge in [-0.3, -0.25) is 14.9 Å². The number of unbranched alkanes of at least 4 members (excludes halogenated alkanes) is 1. The third kappa shape index (κ3) is 2.97. The first-order valence-corrected chi connectivity index (χ1v) is 5.70. The van der Waals surface area contributed by atoms with Crippen LogP contribution < -0.4 is 0 Å². The summed E-state index contributed by atoms with van der Waals surface area (Å²) in [4.78, 5) is 23.4. The van der Waals surface area contributed by atoms with Crippen LogP contribution in [-0.2, 0) is 0 Å². The summed E-state index contributed by atoms with van der Waals surface area (Å²) in [6.07, 6.45) is 1.79. The molecule has 0 atom stereocenters. The minimum absolute atomic E-state index is 0.0391. The number of benzene rings is 1. The Hall–Kier alpha value is -2.11. The van der Waals surface area contributed by atoms with Gasteiger partial charge in [0.25, 0.3) is 5.91 Å². The van der Waals surface area contributed by atoms with Crippen LogP contribution >= 0.6 is 0 Å². The van der Waals surface area contributed by atoms with Crippen molar-refractivity contribution < 1.29 is 14.8 Å². The molecule has 0 spiro atoms. The van der Waals surface area contributed by atoms with Crippen molar-refractivity contribution in [1.29, 1.82) is 0 Å². The summed E-state index contributed by atoms with van der Waals surface area (Å²) in [6, 6.07) is 3.93. The number of nitrogens with zero attached hydrogens (tertiary/aromatic N) is 2. The van der Waals surface area contributed by atoms with Crippen LogP contribution in [0.15, 0.2) is 18.2 Å². The van der Waals surface area contributed by atoms with E-state index in [4.69, 9.17) is 0 Å². The van der Waals surface area contributed by atoms with Crippen LogP contribution in [0.5, 0.6) is 5.75 Å². The van der Waals surface area contributed by atoms with E-state index in [-0.39, 0.29) is 5.56 Å². The summed E-state index contributed by atoms with van der Waals surface area (Å²) in [5.41, 5.74) is -0.493. The van der Waals surface area contributed by atoms with Crippen LogP contribution in [0.2, 0.25) is 0 Å². The lowest BCUT2D eigenvalue weighted by Gasteiger charge is -2.17. The zero-order valence-electron chi connectivity index (χ0n) is 10.4. The van der Waals surface area contributed by atoms with Gasteiger partial charge >= 0.3 is 5.69 Å². The van der Waals surface area contributed by atoms with E-state index < -0.39 is 22.3 Å². The summed E-state index contributed by atoms with van der Waals surface area (Å²) in [5.74, 6) is -0.986. The fraction of sp³-hybridized carbons (Fsp3) is 0.417. The Bertz CT molecular complexity index is 459. The van der Waals surface area contributed by atoms with E-state index >= 15 is 0 Å². The van der Waals surface area contributed by atoms with Gasteiger partial charge < -0.3 is 10.0 Å². The molecule has 0 saturated heterocycles. The molecular formula is C12H16N2O4. The van der Waals surface area contributed by atoms with Crippen LogP contribution in [0.1, 0.15) is 30.1 Å². The largest absolute Gasteiger partial charge is 0.502 e. The number of para-hydroxylation sites is 1. The lowest BCUT2D eigenvalue weighted by atomic mass is 10.1. The van der Waals surface area contributed by atoms with Gasteiger partial charge in [-0.1, -0.05) is 19.4 Å². The summed E-state index contributed by atoms with van der Waals surface area (Å²) < 4.78 is 0. The quantitative estimate of drug-likeness (QED) is 0.643. The van der Waals surface area contributed by atoms with Gasteiger partial charge in [-0.2, -0.15) is 0 Å².